The molecule has 0 aliphatic rings. The van der Waals surface area contributed by atoms with E-state index in [1.54, 1.807) is 25.3 Å². The number of ether oxygens (including phenoxy) is 1. The highest BCUT2D eigenvalue weighted by atomic mass is 16.5. The lowest BCUT2D eigenvalue weighted by Crippen LogP contribution is -2.07. The van der Waals surface area contributed by atoms with Gasteiger partial charge in [0, 0.05) is 17.1 Å². The number of fused-ring (bicyclic) bond motifs is 1. The maximum atomic E-state index is 12.2. The summed E-state index contributed by atoms with van der Waals surface area (Å²) >= 11 is 0. The van der Waals surface area contributed by atoms with Crippen molar-refractivity contribution in [3.8, 4) is 11.3 Å². The molecule has 3 aromatic rings. The van der Waals surface area contributed by atoms with Crippen LogP contribution in [0.25, 0.3) is 22.3 Å². The first kappa shape index (κ1) is 13.2. The molecule has 104 valence electrons. The molecule has 0 saturated carbocycles. The summed E-state index contributed by atoms with van der Waals surface area (Å²) in [6.07, 6.45) is 1.67. The van der Waals surface area contributed by atoms with Gasteiger partial charge in [-0.1, -0.05) is 30.3 Å². The van der Waals surface area contributed by atoms with E-state index in [9.17, 15) is 4.79 Å². The van der Waals surface area contributed by atoms with Crippen LogP contribution in [0.2, 0.25) is 0 Å². The number of pyridine rings is 2. The number of hydrogen-bond acceptors (Lipinski definition) is 4. The van der Waals surface area contributed by atoms with Crippen LogP contribution in [0.3, 0.4) is 0 Å². The highest BCUT2D eigenvalue weighted by Gasteiger charge is 2.15. The maximum Gasteiger partial charge on any atom is 0.338 e. The molecule has 0 amide bonds. The van der Waals surface area contributed by atoms with Gasteiger partial charge in [0.2, 0.25) is 0 Å². The summed E-state index contributed by atoms with van der Waals surface area (Å²) in [6.45, 7) is 2.13. The van der Waals surface area contributed by atoms with Crippen LogP contribution in [-0.4, -0.2) is 22.5 Å². The van der Waals surface area contributed by atoms with Gasteiger partial charge >= 0.3 is 5.97 Å². The average molecular weight is 278 g/mol. The van der Waals surface area contributed by atoms with Crippen molar-refractivity contribution in [1.82, 2.24) is 9.97 Å². The van der Waals surface area contributed by atoms with E-state index in [0.717, 1.165) is 5.56 Å². The van der Waals surface area contributed by atoms with Crippen molar-refractivity contribution in [2.75, 3.05) is 6.61 Å². The molecule has 2 aromatic heterocycles. The smallest absolute Gasteiger partial charge is 0.338 e. The molecule has 0 unspecified atom stereocenters. The maximum absolute atomic E-state index is 12.2. The van der Waals surface area contributed by atoms with Gasteiger partial charge in [-0.2, -0.15) is 0 Å². The molecule has 0 bridgehead atoms. The van der Waals surface area contributed by atoms with Crippen LogP contribution in [0.1, 0.15) is 17.3 Å². The predicted octanol–water partition coefficient (Wildman–Crippen LogP) is 3.47. The molecular formula is C17H14N2O2. The molecule has 0 aliphatic heterocycles. The van der Waals surface area contributed by atoms with E-state index in [0.29, 0.717) is 28.9 Å². The fourth-order valence-corrected chi connectivity index (χ4v) is 2.19. The first-order valence-electron chi connectivity index (χ1n) is 6.78. The van der Waals surface area contributed by atoms with Crippen LogP contribution in [0, 0.1) is 0 Å². The number of nitrogens with zero attached hydrogens (tertiary/aromatic N) is 2. The Kier molecular flexibility index (Phi) is 3.60. The standard InChI is InChI=1S/C17H14N2O2/c1-2-21-17(20)14-11-15(12-7-4-3-5-8-12)19-16-13(14)9-6-10-18-16/h3-11H,2H2,1H3. The largest absolute Gasteiger partial charge is 0.462 e. The minimum atomic E-state index is -0.352. The minimum Gasteiger partial charge on any atom is -0.462 e. The summed E-state index contributed by atoms with van der Waals surface area (Å²) in [7, 11) is 0. The van der Waals surface area contributed by atoms with Gasteiger partial charge in [0.25, 0.3) is 0 Å². The quantitative estimate of drug-likeness (QED) is 0.688. The third-order valence-corrected chi connectivity index (χ3v) is 3.15. The molecular weight excluding hydrogens is 264 g/mol. The van der Waals surface area contributed by atoms with Crippen LogP contribution < -0.4 is 0 Å². The van der Waals surface area contributed by atoms with Crippen molar-refractivity contribution >= 4 is 17.0 Å². The van der Waals surface area contributed by atoms with Gasteiger partial charge in [-0.3, -0.25) is 0 Å². The van der Waals surface area contributed by atoms with Gasteiger partial charge in [0.15, 0.2) is 5.65 Å². The zero-order chi connectivity index (χ0) is 14.7. The Morgan fingerprint density at radius 3 is 2.71 bits per heavy atom. The second-order valence-electron chi connectivity index (χ2n) is 4.52. The molecule has 0 saturated heterocycles. The van der Waals surface area contributed by atoms with Gasteiger partial charge in [-0.15, -0.1) is 0 Å². The first-order chi connectivity index (χ1) is 10.3. The molecule has 21 heavy (non-hydrogen) atoms. The molecule has 0 radical (unpaired) electrons. The first-order valence-corrected chi connectivity index (χ1v) is 6.78. The van der Waals surface area contributed by atoms with E-state index in [4.69, 9.17) is 4.74 Å². The third-order valence-electron chi connectivity index (χ3n) is 3.15. The van der Waals surface area contributed by atoms with Crippen molar-refractivity contribution in [2.45, 2.75) is 6.92 Å². The molecule has 0 atom stereocenters. The molecule has 0 spiro atoms. The molecule has 0 fully saturated rings. The van der Waals surface area contributed by atoms with Gasteiger partial charge in [0.05, 0.1) is 17.9 Å². The lowest BCUT2D eigenvalue weighted by Gasteiger charge is -2.08. The summed E-state index contributed by atoms with van der Waals surface area (Å²) in [6, 6.07) is 15.1. The second kappa shape index (κ2) is 5.71. The molecule has 1 aromatic carbocycles. The fourth-order valence-electron chi connectivity index (χ4n) is 2.19. The SMILES string of the molecule is CCOC(=O)c1cc(-c2ccccc2)nc2ncccc12. The Morgan fingerprint density at radius 2 is 1.95 bits per heavy atom. The molecule has 4 nitrogen and oxygen atoms in total. The number of esters is 1. The number of carbonyl (C=O) groups is 1. The topological polar surface area (TPSA) is 52.1 Å². The van der Waals surface area contributed by atoms with Crippen LogP contribution in [-0.2, 0) is 4.74 Å². The number of carbonyl (C=O) groups excluding carboxylic acids is 1. The number of aromatic nitrogens is 2. The Bertz CT molecular complexity index is 785. The predicted molar refractivity (Wildman–Crippen MR) is 80.9 cm³/mol. The Hall–Kier alpha value is -2.75. The van der Waals surface area contributed by atoms with Crippen molar-refractivity contribution in [3.05, 3.63) is 60.3 Å². The third kappa shape index (κ3) is 2.60. The van der Waals surface area contributed by atoms with Crippen LogP contribution in [0.4, 0.5) is 0 Å². The Labute approximate surface area is 122 Å². The van der Waals surface area contributed by atoms with Crippen molar-refractivity contribution in [1.29, 1.82) is 0 Å². The van der Waals surface area contributed by atoms with Gasteiger partial charge < -0.3 is 4.74 Å². The Balaban J connectivity index is 2.22. The highest BCUT2D eigenvalue weighted by Crippen LogP contribution is 2.24. The van der Waals surface area contributed by atoms with Crippen molar-refractivity contribution in [3.63, 3.8) is 0 Å². The monoisotopic (exact) mass is 278 g/mol. The molecule has 4 heteroatoms. The number of rotatable bonds is 3. The second-order valence-corrected chi connectivity index (χ2v) is 4.52. The summed E-state index contributed by atoms with van der Waals surface area (Å²) in [4.78, 5) is 20.9. The Morgan fingerprint density at radius 1 is 1.14 bits per heavy atom. The summed E-state index contributed by atoms with van der Waals surface area (Å²) < 4.78 is 5.13. The zero-order valence-electron chi connectivity index (χ0n) is 11.6. The lowest BCUT2D eigenvalue weighted by atomic mass is 10.1. The molecule has 0 N–H and O–H groups in total. The van der Waals surface area contributed by atoms with Gasteiger partial charge in [-0.05, 0) is 25.1 Å². The summed E-state index contributed by atoms with van der Waals surface area (Å²) in [5, 5.41) is 0.704. The van der Waals surface area contributed by atoms with Crippen LogP contribution in [0.5, 0.6) is 0 Å². The lowest BCUT2D eigenvalue weighted by molar-refractivity contribution is 0.0528. The van der Waals surface area contributed by atoms with Gasteiger partial charge in [-0.25, -0.2) is 14.8 Å². The molecule has 3 rings (SSSR count). The normalized spacial score (nSPS) is 10.5. The zero-order valence-corrected chi connectivity index (χ0v) is 11.6. The minimum absolute atomic E-state index is 0.337. The highest BCUT2D eigenvalue weighted by molar-refractivity contribution is 6.03. The van der Waals surface area contributed by atoms with E-state index >= 15 is 0 Å². The fraction of sp³-hybridized carbons (Fsp3) is 0.118. The van der Waals surface area contributed by atoms with E-state index in [1.807, 2.05) is 36.4 Å². The van der Waals surface area contributed by atoms with E-state index in [-0.39, 0.29) is 5.97 Å². The van der Waals surface area contributed by atoms with Gasteiger partial charge in [0.1, 0.15) is 0 Å². The number of hydrogen-bond donors (Lipinski definition) is 0. The van der Waals surface area contributed by atoms with E-state index in [1.165, 1.54) is 0 Å². The average Bonchev–Trinajstić information content (AvgIpc) is 2.55. The van der Waals surface area contributed by atoms with Crippen molar-refractivity contribution < 1.29 is 9.53 Å². The molecule has 0 aliphatic carbocycles. The summed E-state index contributed by atoms with van der Waals surface area (Å²) in [5.74, 6) is -0.352. The van der Waals surface area contributed by atoms with Crippen LogP contribution in [0.15, 0.2) is 54.7 Å². The molecule has 2 heterocycles. The number of benzene rings is 1. The van der Waals surface area contributed by atoms with E-state index < -0.39 is 0 Å². The van der Waals surface area contributed by atoms with Crippen molar-refractivity contribution in [2.24, 2.45) is 0 Å². The summed E-state index contributed by atoms with van der Waals surface area (Å²) in [5.41, 5.74) is 2.69. The van der Waals surface area contributed by atoms with Crippen LogP contribution >= 0.6 is 0 Å². The van der Waals surface area contributed by atoms with E-state index in [2.05, 4.69) is 9.97 Å².